The first-order chi connectivity index (χ1) is 11.0. The molecule has 0 unspecified atom stereocenters. The fourth-order valence-electron chi connectivity index (χ4n) is 2.61. The van der Waals surface area contributed by atoms with Crippen LogP contribution in [0, 0.1) is 0 Å². The van der Waals surface area contributed by atoms with Crippen molar-refractivity contribution in [2.45, 2.75) is 25.9 Å². The van der Waals surface area contributed by atoms with E-state index in [1.54, 1.807) is 14.1 Å². The molecular formula is C17H25N3O3. The van der Waals surface area contributed by atoms with E-state index in [0.717, 1.165) is 17.9 Å². The molecule has 6 heteroatoms. The van der Waals surface area contributed by atoms with Crippen molar-refractivity contribution in [3.05, 3.63) is 29.8 Å². The van der Waals surface area contributed by atoms with E-state index in [2.05, 4.69) is 10.2 Å². The van der Waals surface area contributed by atoms with Gasteiger partial charge in [0, 0.05) is 33.7 Å². The predicted molar refractivity (Wildman–Crippen MR) is 88.1 cm³/mol. The maximum atomic E-state index is 12.1. The van der Waals surface area contributed by atoms with Crippen molar-refractivity contribution in [2.75, 3.05) is 33.8 Å². The number of benzene rings is 1. The number of carbonyl (C=O) groups is 2. The normalized spacial score (nSPS) is 18.4. The number of carbonyl (C=O) groups excluding carboxylic acids is 2. The minimum Gasteiger partial charge on any atom is -0.494 e. The van der Waals surface area contributed by atoms with Crippen LogP contribution in [0.15, 0.2) is 24.3 Å². The molecule has 1 fully saturated rings. The van der Waals surface area contributed by atoms with Crippen molar-refractivity contribution in [3.8, 4) is 5.75 Å². The zero-order valence-electron chi connectivity index (χ0n) is 14.0. The number of ether oxygens (including phenoxy) is 1. The molecule has 2 amide bonds. The van der Waals surface area contributed by atoms with Crippen LogP contribution in [0.3, 0.4) is 0 Å². The molecule has 1 aromatic carbocycles. The van der Waals surface area contributed by atoms with Gasteiger partial charge >= 0.3 is 0 Å². The number of piperazine rings is 1. The molecule has 0 saturated carbocycles. The molecule has 1 atom stereocenters. The second-order valence-electron chi connectivity index (χ2n) is 5.85. The highest BCUT2D eigenvalue weighted by molar-refractivity contribution is 5.88. The second-order valence-corrected chi connectivity index (χ2v) is 5.85. The van der Waals surface area contributed by atoms with E-state index in [9.17, 15) is 9.59 Å². The molecule has 1 aliphatic rings. The average Bonchev–Trinajstić information content (AvgIpc) is 2.52. The molecule has 2 rings (SSSR count). The first kappa shape index (κ1) is 17.3. The lowest BCUT2D eigenvalue weighted by Gasteiger charge is -2.35. The Morgan fingerprint density at radius 3 is 2.65 bits per heavy atom. The molecule has 0 bridgehead atoms. The van der Waals surface area contributed by atoms with Gasteiger partial charge in [0.2, 0.25) is 11.8 Å². The van der Waals surface area contributed by atoms with Crippen LogP contribution < -0.4 is 10.1 Å². The number of hydrogen-bond donors (Lipinski definition) is 1. The summed E-state index contributed by atoms with van der Waals surface area (Å²) in [5.41, 5.74) is 1.10. The van der Waals surface area contributed by atoms with Gasteiger partial charge in [0.05, 0.1) is 19.1 Å². The number of nitrogens with zero attached hydrogens (tertiary/aromatic N) is 2. The summed E-state index contributed by atoms with van der Waals surface area (Å²) in [5.74, 6) is 0.730. The molecule has 1 saturated heterocycles. The maximum Gasteiger partial charge on any atom is 0.237 e. The largest absolute Gasteiger partial charge is 0.494 e. The molecule has 0 spiro atoms. The van der Waals surface area contributed by atoms with Crippen LogP contribution in [0.5, 0.6) is 5.75 Å². The average molecular weight is 319 g/mol. The standard InChI is InChI=1S/C17H25N3O3/c1-4-23-14-7-5-13(6-8-14)12-20-10-9-18-17(22)15(20)11-16(21)19(2)3/h5-8,15H,4,9-12H2,1-3H3,(H,18,22)/t15-/m0/s1. The van der Waals surface area contributed by atoms with Crippen LogP contribution in [0.4, 0.5) is 0 Å². The Bertz CT molecular complexity index is 543. The summed E-state index contributed by atoms with van der Waals surface area (Å²) < 4.78 is 5.44. The molecular weight excluding hydrogens is 294 g/mol. The smallest absolute Gasteiger partial charge is 0.237 e. The summed E-state index contributed by atoms with van der Waals surface area (Å²) >= 11 is 0. The van der Waals surface area contributed by atoms with Gasteiger partial charge in [-0.1, -0.05) is 12.1 Å². The summed E-state index contributed by atoms with van der Waals surface area (Å²) in [6, 6.07) is 7.46. The Kier molecular flexibility index (Phi) is 5.98. The van der Waals surface area contributed by atoms with Gasteiger partial charge in [0.1, 0.15) is 5.75 Å². The van der Waals surface area contributed by atoms with Crippen LogP contribution in [0.1, 0.15) is 18.9 Å². The third-order valence-electron chi connectivity index (χ3n) is 3.93. The van der Waals surface area contributed by atoms with Crippen LogP contribution in [0.2, 0.25) is 0 Å². The quantitative estimate of drug-likeness (QED) is 0.845. The van der Waals surface area contributed by atoms with Crippen molar-refractivity contribution in [2.24, 2.45) is 0 Å². The Labute approximate surface area is 137 Å². The van der Waals surface area contributed by atoms with Gasteiger partial charge in [-0.25, -0.2) is 0 Å². The van der Waals surface area contributed by atoms with Gasteiger partial charge in [0.15, 0.2) is 0 Å². The first-order valence-corrected chi connectivity index (χ1v) is 7.95. The van der Waals surface area contributed by atoms with Crippen molar-refractivity contribution >= 4 is 11.8 Å². The number of nitrogens with one attached hydrogen (secondary N) is 1. The molecule has 0 aromatic heterocycles. The third-order valence-corrected chi connectivity index (χ3v) is 3.93. The number of amides is 2. The van der Waals surface area contributed by atoms with E-state index >= 15 is 0 Å². The molecule has 0 radical (unpaired) electrons. The summed E-state index contributed by atoms with van der Waals surface area (Å²) in [5, 5.41) is 2.85. The van der Waals surface area contributed by atoms with E-state index in [4.69, 9.17) is 4.74 Å². The summed E-state index contributed by atoms with van der Waals surface area (Å²) in [6.07, 6.45) is 0.204. The monoisotopic (exact) mass is 319 g/mol. The third kappa shape index (κ3) is 4.69. The van der Waals surface area contributed by atoms with Crippen molar-refractivity contribution in [1.29, 1.82) is 0 Å². The lowest BCUT2D eigenvalue weighted by Crippen LogP contribution is -2.56. The van der Waals surface area contributed by atoms with Crippen LogP contribution in [0.25, 0.3) is 0 Å². The second kappa shape index (κ2) is 7.97. The van der Waals surface area contributed by atoms with E-state index < -0.39 is 6.04 Å². The van der Waals surface area contributed by atoms with Gasteiger partial charge in [-0.15, -0.1) is 0 Å². The molecule has 23 heavy (non-hydrogen) atoms. The Hall–Kier alpha value is -2.08. The van der Waals surface area contributed by atoms with Crippen molar-refractivity contribution < 1.29 is 14.3 Å². The highest BCUT2D eigenvalue weighted by atomic mass is 16.5. The SMILES string of the molecule is CCOc1ccc(CN2CCNC(=O)[C@@H]2CC(=O)N(C)C)cc1. The Morgan fingerprint density at radius 2 is 2.04 bits per heavy atom. The zero-order chi connectivity index (χ0) is 16.8. The molecule has 1 heterocycles. The fraction of sp³-hybridized carbons (Fsp3) is 0.529. The lowest BCUT2D eigenvalue weighted by atomic mass is 10.1. The Balaban J connectivity index is 2.05. The van der Waals surface area contributed by atoms with Gasteiger partial charge in [-0.3, -0.25) is 14.5 Å². The maximum absolute atomic E-state index is 12.1. The molecule has 0 aliphatic carbocycles. The minimum absolute atomic E-state index is 0.0382. The summed E-state index contributed by atoms with van der Waals surface area (Å²) in [7, 11) is 3.42. The van der Waals surface area contributed by atoms with E-state index in [-0.39, 0.29) is 18.2 Å². The molecule has 126 valence electrons. The van der Waals surface area contributed by atoms with Gasteiger partial charge in [-0.2, -0.15) is 0 Å². The van der Waals surface area contributed by atoms with E-state index in [1.165, 1.54) is 4.90 Å². The van der Waals surface area contributed by atoms with E-state index in [1.807, 2.05) is 31.2 Å². The zero-order valence-corrected chi connectivity index (χ0v) is 14.0. The summed E-state index contributed by atoms with van der Waals surface area (Å²) in [4.78, 5) is 27.7. The van der Waals surface area contributed by atoms with Crippen molar-refractivity contribution in [1.82, 2.24) is 15.1 Å². The summed E-state index contributed by atoms with van der Waals surface area (Å²) in [6.45, 7) is 4.59. The molecule has 1 aliphatic heterocycles. The molecule has 1 aromatic rings. The minimum atomic E-state index is -0.412. The van der Waals surface area contributed by atoms with Gasteiger partial charge in [0.25, 0.3) is 0 Å². The van der Waals surface area contributed by atoms with Crippen LogP contribution in [-0.2, 0) is 16.1 Å². The number of rotatable bonds is 6. The Morgan fingerprint density at radius 1 is 1.35 bits per heavy atom. The van der Waals surface area contributed by atoms with Gasteiger partial charge < -0.3 is 15.0 Å². The first-order valence-electron chi connectivity index (χ1n) is 7.95. The van der Waals surface area contributed by atoms with Crippen LogP contribution in [-0.4, -0.2) is 61.4 Å². The van der Waals surface area contributed by atoms with Crippen molar-refractivity contribution in [3.63, 3.8) is 0 Å². The molecule has 6 nitrogen and oxygen atoms in total. The fourth-order valence-corrected chi connectivity index (χ4v) is 2.61. The predicted octanol–water partition coefficient (Wildman–Crippen LogP) is 0.864. The topological polar surface area (TPSA) is 61.9 Å². The highest BCUT2D eigenvalue weighted by Gasteiger charge is 2.31. The lowest BCUT2D eigenvalue weighted by molar-refractivity contribution is -0.137. The molecule has 1 N–H and O–H groups in total. The number of hydrogen-bond acceptors (Lipinski definition) is 4. The van der Waals surface area contributed by atoms with E-state index in [0.29, 0.717) is 19.7 Å². The van der Waals surface area contributed by atoms with Gasteiger partial charge in [-0.05, 0) is 24.6 Å². The highest BCUT2D eigenvalue weighted by Crippen LogP contribution is 2.17. The van der Waals surface area contributed by atoms with Crippen LogP contribution >= 0.6 is 0 Å².